The van der Waals surface area contributed by atoms with E-state index in [1.54, 1.807) is 20.8 Å². The second-order valence-electron chi connectivity index (χ2n) is 6.57. The molecule has 6 nitrogen and oxygen atoms in total. The zero-order chi connectivity index (χ0) is 14.5. The lowest BCUT2D eigenvalue weighted by molar-refractivity contribution is -0.213. The summed E-state index contributed by atoms with van der Waals surface area (Å²) in [4.78, 5) is 23.4. The van der Waals surface area contributed by atoms with Gasteiger partial charge in [0.05, 0.1) is 6.10 Å². The number of aliphatic carboxylic acids is 1. The van der Waals surface area contributed by atoms with Gasteiger partial charge in [0.1, 0.15) is 5.60 Å². The molecule has 2 saturated carbocycles. The van der Waals surface area contributed by atoms with Crippen LogP contribution in [0.3, 0.4) is 0 Å². The molecule has 6 heteroatoms. The van der Waals surface area contributed by atoms with Crippen LogP contribution < -0.4 is 5.32 Å². The molecule has 2 rings (SSSR count). The molecule has 0 aliphatic heterocycles. The van der Waals surface area contributed by atoms with Crippen molar-refractivity contribution in [3.05, 3.63) is 0 Å². The van der Waals surface area contributed by atoms with Crippen molar-refractivity contribution in [2.45, 2.75) is 63.7 Å². The highest BCUT2D eigenvalue weighted by atomic mass is 16.6. The Morgan fingerprint density at radius 2 is 1.89 bits per heavy atom. The molecule has 0 aromatic rings. The average molecular weight is 271 g/mol. The Kier molecular flexibility index (Phi) is 3.04. The van der Waals surface area contributed by atoms with Crippen molar-refractivity contribution in [3.8, 4) is 0 Å². The second kappa shape index (κ2) is 4.10. The maximum Gasteiger partial charge on any atom is 0.408 e. The molecule has 0 radical (unpaired) electrons. The molecule has 1 amide bonds. The first-order valence-corrected chi connectivity index (χ1v) is 6.56. The third-order valence-corrected chi connectivity index (χ3v) is 4.31. The molecule has 0 aromatic heterocycles. The van der Waals surface area contributed by atoms with Crippen molar-refractivity contribution in [2.24, 2.45) is 5.41 Å². The third kappa shape index (κ3) is 1.98. The number of hydrogen-bond acceptors (Lipinski definition) is 4. The number of carbonyl (C=O) groups excluding carboxylic acids is 1. The molecule has 2 atom stereocenters. The standard InChI is InChI=1S/C13H21NO5/c1-11(2,3)19-10(18)14-13(9(16)17)7-8(15)12(13)5-4-6-12/h8,15H,4-7H2,1-3H3,(H,14,18)(H,16,17). The Hall–Kier alpha value is -1.30. The summed E-state index contributed by atoms with van der Waals surface area (Å²) in [5, 5.41) is 21.8. The van der Waals surface area contributed by atoms with Gasteiger partial charge in [-0.3, -0.25) is 0 Å². The van der Waals surface area contributed by atoms with Crippen LogP contribution in [0.1, 0.15) is 46.5 Å². The summed E-state index contributed by atoms with van der Waals surface area (Å²) < 4.78 is 5.12. The third-order valence-electron chi connectivity index (χ3n) is 4.31. The molecule has 0 bridgehead atoms. The Morgan fingerprint density at radius 3 is 2.21 bits per heavy atom. The second-order valence-corrected chi connectivity index (χ2v) is 6.57. The topological polar surface area (TPSA) is 95.9 Å². The van der Waals surface area contributed by atoms with Gasteiger partial charge in [0.25, 0.3) is 0 Å². The number of alkyl carbamates (subject to hydrolysis) is 1. The van der Waals surface area contributed by atoms with E-state index in [0.717, 1.165) is 6.42 Å². The maximum absolute atomic E-state index is 11.8. The summed E-state index contributed by atoms with van der Waals surface area (Å²) in [6, 6.07) is 0. The Morgan fingerprint density at radius 1 is 1.32 bits per heavy atom. The lowest BCUT2D eigenvalue weighted by Crippen LogP contribution is -2.79. The highest BCUT2D eigenvalue weighted by molar-refractivity contribution is 5.87. The van der Waals surface area contributed by atoms with E-state index in [-0.39, 0.29) is 6.42 Å². The fourth-order valence-corrected chi connectivity index (χ4v) is 3.17. The fourth-order valence-electron chi connectivity index (χ4n) is 3.17. The molecular weight excluding hydrogens is 250 g/mol. The monoisotopic (exact) mass is 271 g/mol. The minimum absolute atomic E-state index is 0.0432. The van der Waals surface area contributed by atoms with Crippen LogP contribution in [0.2, 0.25) is 0 Å². The number of carboxylic acids is 1. The molecule has 2 aliphatic rings. The number of rotatable bonds is 2. The van der Waals surface area contributed by atoms with Crippen molar-refractivity contribution < 1.29 is 24.5 Å². The smallest absolute Gasteiger partial charge is 0.408 e. The van der Waals surface area contributed by atoms with Crippen molar-refractivity contribution in [3.63, 3.8) is 0 Å². The van der Waals surface area contributed by atoms with E-state index in [1.807, 2.05) is 0 Å². The molecule has 3 N–H and O–H groups in total. The van der Waals surface area contributed by atoms with Gasteiger partial charge in [0.2, 0.25) is 0 Å². The Labute approximate surface area is 112 Å². The quantitative estimate of drug-likeness (QED) is 0.703. The summed E-state index contributed by atoms with van der Waals surface area (Å²) in [5.74, 6) is -1.09. The lowest BCUT2D eigenvalue weighted by Gasteiger charge is -2.64. The highest BCUT2D eigenvalue weighted by Crippen LogP contribution is 2.62. The minimum atomic E-state index is -1.38. The van der Waals surface area contributed by atoms with Crippen LogP contribution in [-0.4, -0.2) is 39.5 Å². The predicted molar refractivity (Wildman–Crippen MR) is 66.6 cm³/mol. The van der Waals surface area contributed by atoms with Crippen LogP contribution in [0, 0.1) is 5.41 Å². The fraction of sp³-hybridized carbons (Fsp3) is 0.846. The molecule has 1 spiro atoms. The first-order valence-electron chi connectivity index (χ1n) is 6.56. The molecule has 0 heterocycles. The van der Waals surface area contributed by atoms with E-state index >= 15 is 0 Å². The van der Waals surface area contributed by atoms with Crippen LogP contribution in [0.25, 0.3) is 0 Å². The molecular formula is C13H21NO5. The lowest BCUT2D eigenvalue weighted by atomic mass is 9.43. The van der Waals surface area contributed by atoms with Crippen LogP contribution in [-0.2, 0) is 9.53 Å². The number of carboxylic acid groups (broad SMARTS) is 1. The number of amides is 1. The van der Waals surface area contributed by atoms with Gasteiger partial charge in [0, 0.05) is 11.8 Å². The van der Waals surface area contributed by atoms with Gasteiger partial charge in [0.15, 0.2) is 5.54 Å². The van der Waals surface area contributed by atoms with Gasteiger partial charge in [-0.15, -0.1) is 0 Å². The minimum Gasteiger partial charge on any atom is -0.479 e. The van der Waals surface area contributed by atoms with Gasteiger partial charge in [-0.2, -0.15) is 0 Å². The van der Waals surface area contributed by atoms with E-state index in [1.165, 1.54) is 0 Å². The highest BCUT2D eigenvalue weighted by Gasteiger charge is 2.72. The molecule has 0 saturated heterocycles. The molecule has 108 valence electrons. The van der Waals surface area contributed by atoms with Gasteiger partial charge in [-0.05, 0) is 33.6 Å². The Bertz CT molecular complexity index is 410. The van der Waals surface area contributed by atoms with Crippen molar-refractivity contribution in [1.82, 2.24) is 5.32 Å². The zero-order valence-corrected chi connectivity index (χ0v) is 11.5. The van der Waals surface area contributed by atoms with Gasteiger partial charge in [-0.25, -0.2) is 9.59 Å². The van der Waals surface area contributed by atoms with E-state index < -0.39 is 34.7 Å². The van der Waals surface area contributed by atoms with Gasteiger partial charge in [-0.1, -0.05) is 6.42 Å². The number of aliphatic hydroxyl groups is 1. The van der Waals surface area contributed by atoms with Gasteiger partial charge >= 0.3 is 12.1 Å². The molecule has 2 unspecified atom stereocenters. The average Bonchev–Trinajstić information content (AvgIpc) is 2.09. The van der Waals surface area contributed by atoms with Crippen LogP contribution in [0.5, 0.6) is 0 Å². The van der Waals surface area contributed by atoms with E-state index in [0.29, 0.717) is 12.8 Å². The number of carbonyl (C=O) groups is 2. The summed E-state index contributed by atoms with van der Waals surface area (Å²) in [5.41, 5.74) is -2.78. The van der Waals surface area contributed by atoms with Crippen molar-refractivity contribution in [1.29, 1.82) is 0 Å². The summed E-state index contributed by atoms with van der Waals surface area (Å²) in [7, 11) is 0. The first-order chi connectivity index (χ1) is 8.63. The summed E-state index contributed by atoms with van der Waals surface area (Å²) in [6.45, 7) is 5.15. The van der Waals surface area contributed by atoms with E-state index in [2.05, 4.69) is 5.32 Å². The molecule has 0 aromatic carbocycles. The first kappa shape index (κ1) is 14.1. The Balaban J connectivity index is 2.15. The normalized spacial score (nSPS) is 32.1. The number of ether oxygens (including phenoxy) is 1. The van der Waals surface area contributed by atoms with Crippen molar-refractivity contribution in [2.75, 3.05) is 0 Å². The van der Waals surface area contributed by atoms with Crippen LogP contribution in [0.15, 0.2) is 0 Å². The number of aliphatic hydroxyl groups excluding tert-OH is 1. The summed E-state index contributed by atoms with van der Waals surface area (Å²) in [6.07, 6.45) is 0.760. The SMILES string of the molecule is CC(C)(C)OC(=O)NC1(C(=O)O)CC(O)C12CCC2. The maximum atomic E-state index is 11.8. The number of hydrogen-bond donors (Lipinski definition) is 3. The van der Waals surface area contributed by atoms with Crippen LogP contribution in [0.4, 0.5) is 4.79 Å². The van der Waals surface area contributed by atoms with Crippen LogP contribution >= 0.6 is 0 Å². The number of nitrogens with one attached hydrogen (secondary N) is 1. The summed E-state index contributed by atoms with van der Waals surface area (Å²) >= 11 is 0. The van der Waals surface area contributed by atoms with Gasteiger partial charge < -0.3 is 20.3 Å². The van der Waals surface area contributed by atoms with Crippen molar-refractivity contribution >= 4 is 12.1 Å². The van der Waals surface area contributed by atoms with E-state index in [4.69, 9.17) is 4.74 Å². The molecule has 2 fully saturated rings. The van der Waals surface area contributed by atoms with E-state index in [9.17, 15) is 19.8 Å². The zero-order valence-electron chi connectivity index (χ0n) is 11.5. The molecule has 19 heavy (non-hydrogen) atoms. The largest absolute Gasteiger partial charge is 0.479 e. The predicted octanol–water partition coefficient (Wildman–Crippen LogP) is 1.27. The molecule has 2 aliphatic carbocycles.